The molecule has 0 aromatic heterocycles. The average molecular weight is 197 g/mol. The van der Waals surface area contributed by atoms with E-state index in [0.29, 0.717) is 5.02 Å². The number of hydrogen-bond donors (Lipinski definition) is 1. The maximum Gasteiger partial charge on any atom is 0.307 e. The van der Waals surface area contributed by atoms with Crippen molar-refractivity contribution in [2.24, 2.45) is 5.92 Å². The highest BCUT2D eigenvalue weighted by Gasteiger charge is 2.44. The molecule has 0 amide bonds. The predicted octanol–water partition coefficient (Wildman–Crippen LogP) is 2.53. The summed E-state index contributed by atoms with van der Waals surface area (Å²) in [6, 6.07) is 7.44. The van der Waals surface area contributed by atoms with Gasteiger partial charge < -0.3 is 5.11 Å². The lowest BCUT2D eigenvalue weighted by Gasteiger charge is -2.00. The average Bonchev–Trinajstić information content (AvgIpc) is 2.84. The molecule has 3 heteroatoms. The second-order valence-corrected chi connectivity index (χ2v) is 3.72. The number of carboxylic acid groups (broad SMARTS) is 1. The maximum atomic E-state index is 10.6. The summed E-state index contributed by atoms with van der Waals surface area (Å²) in [6.07, 6.45) is 0.721. The van der Waals surface area contributed by atoms with Gasteiger partial charge in [0.25, 0.3) is 0 Å². The molecule has 0 aliphatic heterocycles. The first kappa shape index (κ1) is 8.57. The number of carboxylic acids is 1. The Balaban J connectivity index is 2.21. The Morgan fingerprint density at radius 2 is 2.15 bits per heavy atom. The van der Waals surface area contributed by atoms with E-state index in [1.807, 2.05) is 18.2 Å². The van der Waals surface area contributed by atoms with Crippen molar-refractivity contribution >= 4 is 17.6 Å². The third-order valence-corrected chi connectivity index (χ3v) is 2.76. The van der Waals surface area contributed by atoms with Gasteiger partial charge in [-0.25, -0.2) is 0 Å². The van der Waals surface area contributed by atoms with Crippen LogP contribution in [0.5, 0.6) is 0 Å². The van der Waals surface area contributed by atoms with Crippen molar-refractivity contribution in [2.75, 3.05) is 0 Å². The molecule has 0 bridgehead atoms. The Hall–Kier alpha value is -1.02. The molecule has 1 N–H and O–H groups in total. The molecular weight excluding hydrogens is 188 g/mol. The third kappa shape index (κ3) is 1.54. The van der Waals surface area contributed by atoms with E-state index in [4.69, 9.17) is 16.7 Å². The highest BCUT2D eigenvalue weighted by Crippen LogP contribution is 2.49. The van der Waals surface area contributed by atoms with E-state index in [2.05, 4.69) is 0 Å². The van der Waals surface area contributed by atoms with Gasteiger partial charge in [-0.2, -0.15) is 0 Å². The van der Waals surface area contributed by atoms with E-state index in [-0.39, 0.29) is 11.8 Å². The molecule has 1 saturated carbocycles. The predicted molar refractivity (Wildman–Crippen MR) is 49.9 cm³/mol. The van der Waals surface area contributed by atoms with E-state index in [1.165, 1.54) is 0 Å². The fraction of sp³-hybridized carbons (Fsp3) is 0.300. The lowest BCUT2D eigenvalue weighted by Crippen LogP contribution is -1.98. The molecule has 2 rings (SSSR count). The van der Waals surface area contributed by atoms with Crippen LogP contribution in [0.1, 0.15) is 17.9 Å². The van der Waals surface area contributed by atoms with Gasteiger partial charge in [0.15, 0.2) is 0 Å². The Bertz CT molecular complexity index is 349. The minimum Gasteiger partial charge on any atom is -0.481 e. The first-order chi connectivity index (χ1) is 6.20. The smallest absolute Gasteiger partial charge is 0.307 e. The number of rotatable bonds is 2. The Kier molecular flexibility index (Phi) is 2.00. The van der Waals surface area contributed by atoms with Crippen LogP contribution >= 0.6 is 11.6 Å². The highest BCUT2D eigenvalue weighted by molar-refractivity contribution is 6.31. The second kappa shape index (κ2) is 3.04. The summed E-state index contributed by atoms with van der Waals surface area (Å²) in [6.45, 7) is 0. The minimum atomic E-state index is -0.718. The van der Waals surface area contributed by atoms with Gasteiger partial charge in [0.2, 0.25) is 0 Å². The zero-order valence-electron chi connectivity index (χ0n) is 6.90. The fourth-order valence-corrected chi connectivity index (χ4v) is 1.86. The third-order valence-electron chi connectivity index (χ3n) is 2.41. The van der Waals surface area contributed by atoms with Crippen molar-refractivity contribution in [3.8, 4) is 0 Å². The molecule has 0 unspecified atom stereocenters. The van der Waals surface area contributed by atoms with E-state index >= 15 is 0 Å². The van der Waals surface area contributed by atoms with Crippen LogP contribution in [-0.2, 0) is 4.79 Å². The molecule has 2 nitrogen and oxygen atoms in total. The van der Waals surface area contributed by atoms with Gasteiger partial charge in [0.1, 0.15) is 0 Å². The molecular formula is C10H9ClO2. The molecule has 1 aromatic carbocycles. The standard InChI is InChI=1S/C10H9ClO2/c11-9-4-2-1-3-6(9)7-5-8(7)10(12)13/h1-4,7-8H,5H2,(H,12,13)/t7-,8+/m0/s1. The molecule has 1 aliphatic carbocycles. The monoisotopic (exact) mass is 196 g/mol. The molecule has 0 heterocycles. The van der Waals surface area contributed by atoms with Crippen LogP contribution in [0, 0.1) is 5.92 Å². The van der Waals surface area contributed by atoms with Crippen LogP contribution in [0.15, 0.2) is 24.3 Å². The van der Waals surface area contributed by atoms with Gasteiger partial charge in [0.05, 0.1) is 5.92 Å². The van der Waals surface area contributed by atoms with Crippen molar-refractivity contribution in [2.45, 2.75) is 12.3 Å². The topological polar surface area (TPSA) is 37.3 Å². The Morgan fingerprint density at radius 3 is 2.69 bits per heavy atom. The van der Waals surface area contributed by atoms with Crippen LogP contribution < -0.4 is 0 Å². The lowest BCUT2D eigenvalue weighted by atomic mass is 10.1. The lowest BCUT2D eigenvalue weighted by molar-refractivity contribution is -0.138. The summed E-state index contributed by atoms with van der Waals surface area (Å²) >= 11 is 5.94. The summed E-state index contributed by atoms with van der Waals surface area (Å²) in [4.78, 5) is 10.6. The largest absolute Gasteiger partial charge is 0.481 e. The molecule has 1 aliphatic rings. The molecule has 1 aromatic rings. The first-order valence-corrected chi connectivity index (χ1v) is 4.55. The maximum absolute atomic E-state index is 10.6. The Labute approximate surface area is 81.1 Å². The second-order valence-electron chi connectivity index (χ2n) is 3.31. The summed E-state index contributed by atoms with van der Waals surface area (Å²) in [5.74, 6) is -0.809. The molecule has 0 radical (unpaired) electrons. The first-order valence-electron chi connectivity index (χ1n) is 4.17. The minimum absolute atomic E-state index is 0.131. The number of halogens is 1. The van der Waals surface area contributed by atoms with Gasteiger partial charge in [-0.05, 0) is 24.0 Å². The van der Waals surface area contributed by atoms with E-state index in [9.17, 15) is 4.79 Å². The summed E-state index contributed by atoms with van der Waals surface area (Å²) in [5, 5.41) is 9.41. The molecule has 13 heavy (non-hydrogen) atoms. The quantitative estimate of drug-likeness (QED) is 0.789. The fourth-order valence-electron chi connectivity index (χ4n) is 1.59. The molecule has 0 saturated heterocycles. The highest BCUT2D eigenvalue weighted by atomic mass is 35.5. The van der Waals surface area contributed by atoms with Crippen LogP contribution in [0.25, 0.3) is 0 Å². The number of hydrogen-bond acceptors (Lipinski definition) is 1. The van der Waals surface area contributed by atoms with Crippen LogP contribution in [0.2, 0.25) is 5.02 Å². The van der Waals surface area contributed by atoms with Gasteiger partial charge >= 0.3 is 5.97 Å². The van der Waals surface area contributed by atoms with Gasteiger partial charge in [-0.1, -0.05) is 29.8 Å². The summed E-state index contributed by atoms with van der Waals surface area (Å²) in [5.41, 5.74) is 0.969. The van der Waals surface area contributed by atoms with Gasteiger partial charge in [-0.15, -0.1) is 0 Å². The van der Waals surface area contributed by atoms with E-state index in [0.717, 1.165) is 12.0 Å². The number of aliphatic carboxylic acids is 1. The van der Waals surface area contributed by atoms with Crippen LogP contribution in [0.3, 0.4) is 0 Å². The molecule has 1 fully saturated rings. The van der Waals surface area contributed by atoms with Crippen molar-refractivity contribution in [1.29, 1.82) is 0 Å². The van der Waals surface area contributed by atoms with Crippen molar-refractivity contribution in [3.05, 3.63) is 34.9 Å². The van der Waals surface area contributed by atoms with Gasteiger partial charge in [0, 0.05) is 5.02 Å². The van der Waals surface area contributed by atoms with Crippen molar-refractivity contribution in [1.82, 2.24) is 0 Å². The summed E-state index contributed by atoms with van der Waals surface area (Å²) < 4.78 is 0. The molecule has 2 atom stereocenters. The normalized spacial score (nSPS) is 25.6. The van der Waals surface area contributed by atoms with Crippen LogP contribution in [0.4, 0.5) is 0 Å². The number of benzene rings is 1. The summed E-state index contributed by atoms with van der Waals surface area (Å²) in [7, 11) is 0. The molecule has 68 valence electrons. The van der Waals surface area contributed by atoms with Gasteiger partial charge in [-0.3, -0.25) is 4.79 Å². The van der Waals surface area contributed by atoms with E-state index in [1.54, 1.807) is 6.07 Å². The van der Waals surface area contributed by atoms with Crippen molar-refractivity contribution < 1.29 is 9.90 Å². The SMILES string of the molecule is O=C(O)[C@@H]1C[C@H]1c1ccccc1Cl. The zero-order chi connectivity index (χ0) is 9.42. The Morgan fingerprint density at radius 1 is 1.46 bits per heavy atom. The zero-order valence-corrected chi connectivity index (χ0v) is 7.66. The number of carbonyl (C=O) groups is 1. The van der Waals surface area contributed by atoms with Crippen molar-refractivity contribution in [3.63, 3.8) is 0 Å². The molecule has 0 spiro atoms. The van der Waals surface area contributed by atoms with Crippen LogP contribution in [-0.4, -0.2) is 11.1 Å². The van der Waals surface area contributed by atoms with E-state index < -0.39 is 5.97 Å².